The maximum atomic E-state index is 10.2. The van der Waals surface area contributed by atoms with Crippen molar-refractivity contribution in [3.63, 3.8) is 0 Å². The van der Waals surface area contributed by atoms with E-state index in [0.717, 1.165) is 0 Å². The van der Waals surface area contributed by atoms with E-state index in [1.165, 1.54) is 0 Å². The predicted octanol–water partition coefficient (Wildman–Crippen LogP) is 0.917. The third kappa shape index (κ3) is 4.21. The van der Waals surface area contributed by atoms with Crippen LogP contribution in [0.1, 0.15) is 6.42 Å². The van der Waals surface area contributed by atoms with E-state index in [1.807, 2.05) is 0 Å². The van der Waals surface area contributed by atoms with Gasteiger partial charge in [-0.05, 0) is 0 Å². The van der Waals surface area contributed by atoms with Crippen LogP contribution in [-0.4, -0.2) is 32.4 Å². The fraction of sp³-hybridized carbons (Fsp3) is 0.600. The highest BCUT2D eigenvalue weighted by Gasteiger charge is 2.25. The smallest absolute Gasteiger partial charge is 0.322 e. The second-order valence-electron chi connectivity index (χ2n) is 1.85. The molecule has 0 aliphatic carbocycles. The van der Waals surface area contributed by atoms with Crippen molar-refractivity contribution in [2.75, 3.05) is 0 Å². The minimum Gasteiger partial charge on any atom is -0.481 e. The normalized spacial score (nSPS) is 15.5. The second kappa shape index (κ2) is 4.56. The number of halogens is 2. The van der Waals surface area contributed by atoms with Crippen LogP contribution < -0.4 is 0 Å². The minimum atomic E-state index is -1.23. The van der Waals surface area contributed by atoms with Gasteiger partial charge in [0.15, 0.2) is 0 Å². The molecule has 0 bridgehead atoms. The topological polar surface area (TPSA) is 74.6 Å². The predicted molar refractivity (Wildman–Crippen MR) is 42.2 cm³/mol. The molecule has 0 spiro atoms. The van der Waals surface area contributed by atoms with Gasteiger partial charge in [-0.3, -0.25) is 9.59 Å². The molecular formula is C5H6BrClO4. The van der Waals surface area contributed by atoms with Crippen LogP contribution in [0.5, 0.6) is 0 Å². The van der Waals surface area contributed by atoms with Crippen LogP contribution >= 0.6 is 27.5 Å². The molecule has 0 aromatic carbocycles. The minimum absolute atomic E-state index is 0.305. The fourth-order valence-electron chi connectivity index (χ4n) is 0.425. The number of rotatable bonds is 4. The standard InChI is InChI=1S/C5H6BrClO4/c6-2(1-3(8)9)4(7)5(10)11/h2,4H,1H2,(H,8,9)(H,10,11). The molecule has 0 rings (SSSR count). The number of hydrogen-bond donors (Lipinski definition) is 2. The molecule has 0 aromatic rings. The zero-order valence-electron chi connectivity index (χ0n) is 5.33. The number of carbonyl (C=O) groups is 2. The van der Waals surface area contributed by atoms with E-state index in [0.29, 0.717) is 0 Å². The van der Waals surface area contributed by atoms with Gasteiger partial charge in [-0.15, -0.1) is 11.6 Å². The lowest BCUT2D eigenvalue weighted by molar-refractivity contribution is -0.138. The highest BCUT2D eigenvalue weighted by Crippen LogP contribution is 2.15. The van der Waals surface area contributed by atoms with E-state index < -0.39 is 22.1 Å². The molecule has 64 valence electrons. The Bertz CT molecular complexity index is 172. The van der Waals surface area contributed by atoms with Crippen molar-refractivity contribution in [2.24, 2.45) is 0 Å². The summed E-state index contributed by atoms with van der Waals surface area (Å²) in [7, 11) is 0. The van der Waals surface area contributed by atoms with Gasteiger partial charge in [-0.1, -0.05) is 15.9 Å². The van der Waals surface area contributed by atoms with Crippen LogP contribution in [0.4, 0.5) is 0 Å². The van der Waals surface area contributed by atoms with Gasteiger partial charge in [0, 0.05) is 0 Å². The number of alkyl halides is 2. The first-order chi connectivity index (χ1) is 4.95. The Morgan fingerprint density at radius 1 is 1.45 bits per heavy atom. The first kappa shape index (κ1) is 10.7. The molecule has 2 N–H and O–H groups in total. The zero-order chi connectivity index (χ0) is 9.02. The molecule has 6 heteroatoms. The van der Waals surface area contributed by atoms with Gasteiger partial charge in [-0.2, -0.15) is 0 Å². The van der Waals surface area contributed by atoms with Gasteiger partial charge >= 0.3 is 11.9 Å². The summed E-state index contributed by atoms with van der Waals surface area (Å²) in [6.07, 6.45) is -0.305. The molecule has 0 aliphatic rings. The molecule has 4 nitrogen and oxygen atoms in total. The van der Waals surface area contributed by atoms with Crippen LogP contribution in [0.3, 0.4) is 0 Å². The van der Waals surface area contributed by atoms with Crippen LogP contribution in [-0.2, 0) is 9.59 Å². The summed E-state index contributed by atoms with van der Waals surface area (Å²) in [5, 5.41) is 15.3. The third-order valence-electron chi connectivity index (χ3n) is 0.923. The summed E-state index contributed by atoms with van der Waals surface area (Å²) in [6.45, 7) is 0. The zero-order valence-corrected chi connectivity index (χ0v) is 7.67. The Morgan fingerprint density at radius 2 is 1.91 bits per heavy atom. The Kier molecular flexibility index (Phi) is 4.44. The number of hydrogen-bond acceptors (Lipinski definition) is 2. The van der Waals surface area contributed by atoms with Crippen LogP contribution in [0.15, 0.2) is 0 Å². The van der Waals surface area contributed by atoms with Gasteiger partial charge < -0.3 is 10.2 Å². The fourth-order valence-corrected chi connectivity index (χ4v) is 1.02. The van der Waals surface area contributed by atoms with Crippen molar-refractivity contribution in [1.82, 2.24) is 0 Å². The Hall–Kier alpha value is -0.290. The monoisotopic (exact) mass is 244 g/mol. The van der Waals surface area contributed by atoms with Crippen LogP contribution in [0, 0.1) is 0 Å². The lowest BCUT2D eigenvalue weighted by Crippen LogP contribution is -2.26. The molecule has 0 saturated heterocycles. The second-order valence-corrected chi connectivity index (χ2v) is 3.50. The SMILES string of the molecule is O=C(O)CC(Br)C(Cl)C(=O)O. The van der Waals surface area contributed by atoms with Gasteiger partial charge in [0.05, 0.1) is 11.2 Å². The molecule has 11 heavy (non-hydrogen) atoms. The molecule has 0 heterocycles. The summed E-state index contributed by atoms with van der Waals surface area (Å²) in [5.41, 5.74) is 0. The van der Waals surface area contributed by atoms with Crippen molar-refractivity contribution in [2.45, 2.75) is 16.6 Å². The molecule has 2 unspecified atom stereocenters. The summed E-state index contributed by atoms with van der Waals surface area (Å²) in [6, 6.07) is 0. The molecule has 0 aromatic heterocycles. The van der Waals surface area contributed by atoms with Crippen LogP contribution in [0.2, 0.25) is 0 Å². The quantitative estimate of drug-likeness (QED) is 0.722. The van der Waals surface area contributed by atoms with Gasteiger partial charge in [0.25, 0.3) is 0 Å². The third-order valence-corrected chi connectivity index (χ3v) is 2.57. The number of aliphatic carboxylic acids is 2. The summed E-state index contributed by atoms with van der Waals surface area (Å²) >= 11 is 8.15. The lowest BCUT2D eigenvalue weighted by atomic mass is 10.2. The molecule has 0 amide bonds. The van der Waals surface area contributed by atoms with Crippen molar-refractivity contribution in [3.8, 4) is 0 Å². The maximum absolute atomic E-state index is 10.2. The Morgan fingerprint density at radius 3 is 2.18 bits per heavy atom. The summed E-state index contributed by atoms with van der Waals surface area (Å²) < 4.78 is 0. The van der Waals surface area contributed by atoms with Crippen molar-refractivity contribution < 1.29 is 19.8 Å². The first-order valence-corrected chi connectivity index (χ1v) is 4.03. The molecule has 0 fully saturated rings. The van der Waals surface area contributed by atoms with E-state index in [4.69, 9.17) is 21.8 Å². The van der Waals surface area contributed by atoms with Crippen molar-refractivity contribution in [1.29, 1.82) is 0 Å². The number of carboxylic acids is 2. The van der Waals surface area contributed by atoms with Crippen molar-refractivity contribution in [3.05, 3.63) is 0 Å². The summed E-state index contributed by atoms with van der Waals surface area (Å²) in [5.74, 6) is -2.31. The molecular weight excluding hydrogens is 239 g/mol. The molecule has 0 radical (unpaired) electrons. The van der Waals surface area contributed by atoms with E-state index in [9.17, 15) is 9.59 Å². The van der Waals surface area contributed by atoms with Crippen molar-refractivity contribution >= 4 is 39.5 Å². The van der Waals surface area contributed by atoms with E-state index in [2.05, 4.69) is 15.9 Å². The maximum Gasteiger partial charge on any atom is 0.322 e. The number of carboxylic acid groups (broad SMARTS) is 2. The van der Waals surface area contributed by atoms with Gasteiger partial charge in [0.2, 0.25) is 0 Å². The van der Waals surface area contributed by atoms with E-state index in [1.54, 1.807) is 0 Å². The first-order valence-electron chi connectivity index (χ1n) is 2.68. The Balaban J connectivity index is 3.92. The largest absolute Gasteiger partial charge is 0.481 e. The highest BCUT2D eigenvalue weighted by molar-refractivity contribution is 9.09. The average molecular weight is 245 g/mol. The molecule has 0 aliphatic heterocycles. The highest BCUT2D eigenvalue weighted by atomic mass is 79.9. The molecule has 0 saturated carbocycles. The van der Waals surface area contributed by atoms with E-state index in [-0.39, 0.29) is 6.42 Å². The Labute approximate surface area is 76.3 Å². The lowest BCUT2D eigenvalue weighted by Gasteiger charge is -2.08. The van der Waals surface area contributed by atoms with Gasteiger partial charge in [0.1, 0.15) is 5.38 Å². The van der Waals surface area contributed by atoms with E-state index >= 15 is 0 Å². The van der Waals surface area contributed by atoms with Crippen LogP contribution in [0.25, 0.3) is 0 Å². The average Bonchev–Trinajstić information content (AvgIpc) is 1.84. The summed E-state index contributed by atoms with van der Waals surface area (Å²) in [4.78, 5) is 19.5. The van der Waals surface area contributed by atoms with Gasteiger partial charge in [-0.25, -0.2) is 0 Å². The molecule has 2 atom stereocenters.